The summed E-state index contributed by atoms with van der Waals surface area (Å²) in [7, 11) is 0. The van der Waals surface area contributed by atoms with Gasteiger partial charge in [-0.3, -0.25) is 14.5 Å². The second kappa shape index (κ2) is 6.94. The van der Waals surface area contributed by atoms with E-state index in [9.17, 15) is 9.59 Å². The number of likely N-dealkylation sites (N-methyl/N-ethyl adjacent to an activating group) is 1. The minimum atomic E-state index is -1.05. The fraction of sp³-hybridized carbons (Fsp3) is 0.429. The fourth-order valence-corrected chi connectivity index (χ4v) is 2.01. The summed E-state index contributed by atoms with van der Waals surface area (Å²) in [6, 6.07) is 5.65. The van der Waals surface area contributed by atoms with Crippen LogP contribution in [0.2, 0.25) is 0 Å². The Bertz CT molecular complexity index is 532. The largest absolute Gasteiger partial charge is 0.480 e. The molecular formula is C14H18N2O5. The van der Waals surface area contributed by atoms with Crippen molar-refractivity contribution < 1.29 is 24.2 Å². The third kappa shape index (κ3) is 4.35. The second-order valence-electron chi connectivity index (χ2n) is 4.66. The van der Waals surface area contributed by atoms with Crippen molar-refractivity contribution in [2.45, 2.75) is 13.5 Å². The zero-order valence-corrected chi connectivity index (χ0v) is 11.8. The number of carbonyl (C=O) groups excluding carboxylic acids is 1. The Morgan fingerprint density at radius 2 is 2.10 bits per heavy atom. The van der Waals surface area contributed by atoms with Crippen LogP contribution in [-0.2, 0) is 16.1 Å². The number of nitrogens with zero attached hydrogens (tertiary/aromatic N) is 1. The van der Waals surface area contributed by atoms with Gasteiger partial charge in [-0.15, -0.1) is 0 Å². The molecule has 0 atom stereocenters. The number of rotatable bonds is 7. The van der Waals surface area contributed by atoms with E-state index < -0.39 is 5.97 Å². The highest BCUT2D eigenvalue weighted by Gasteiger charge is 2.15. The molecule has 2 N–H and O–H groups in total. The lowest BCUT2D eigenvalue weighted by molar-refractivity contribution is -0.138. The number of hydrogen-bond donors (Lipinski definition) is 2. The van der Waals surface area contributed by atoms with E-state index >= 15 is 0 Å². The molecule has 1 aliphatic heterocycles. The van der Waals surface area contributed by atoms with Crippen molar-refractivity contribution in [2.75, 3.05) is 26.4 Å². The van der Waals surface area contributed by atoms with Crippen LogP contribution >= 0.6 is 0 Å². The Morgan fingerprint density at radius 1 is 1.33 bits per heavy atom. The van der Waals surface area contributed by atoms with Crippen LogP contribution < -0.4 is 14.8 Å². The highest BCUT2D eigenvalue weighted by Crippen LogP contribution is 2.32. The van der Waals surface area contributed by atoms with E-state index in [0.29, 0.717) is 18.8 Å². The van der Waals surface area contributed by atoms with Gasteiger partial charge in [-0.1, -0.05) is 13.0 Å². The van der Waals surface area contributed by atoms with Gasteiger partial charge in [0.15, 0.2) is 11.5 Å². The number of fused-ring (bicyclic) bond motifs is 1. The molecule has 0 saturated heterocycles. The molecule has 0 unspecified atom stereocenters. The van der Waals surface area contributed by atoms with E-state index in [2.05, 4.69) is 5.32 Å². The topological polar surface area (TPSA) is 88.1 Å². The number of carbonyl (C=O) groups is 2. The van der Waals surface area contributed by atoms with Crippen LogP contribution in [0.1, 0.15) is 12.5 Å². The predicted molar refractivity (Wildman–Crippen MR) is 74.2 cm³/mol. The minimum absolute atomic E-state index is 0.151. The molecule has 1 heterocycles. The van der Waals surface area contributed by atoms with E-state index in [4.69, 9.17) is 14.6 Å². The first-order chi connectivity index (χ1) is 10.1. The van der Waals surface area contributed by atoms with Crippen LogP contribution in [0, 0.1) is 0 Å². The quantitative estimate of drug-likeness (QED) is 0.758. The SMILES string of the molecule is CCN(CC(=O)NCC(=O)O)Cc1ccc2c(c1)OCO2. The predicted octanol–water partition coefficient (Wildman–Crippen LogP) is 0.438. The summed E-state index contributed by atoms with van der Waals surface area (Å²) in [6.07, 6.45) is 0. The average molecular weight is 294 g/mol. The van der Waals surface area contributed by atoms with Crippen LogP contribution in [0.3, 0.4) is 0 Å². The molecule has 7 nitrogen and oxygen atoms in total. The van der Waals surface area contributed by atoms with Gasteiger partial charge in [-0.2, -0.15) is 0 Å². The zero-order chi connectivity index (χ0) is 15.2. The summed E-state index contributed by atoms with van der Waals surface area (Å²) in [5, 5.41) is 10.9. The van der Waals surface area contributed by atoms with Crippen LogP contribution in [-0.4, -0.2) is 48.3 Å². The lowest BCUT2D eigenvalue weighted by atomic mass is 10.2. The molecule has 2 rings (SSSR count). The maximum absolute atomic E-state index is 11.6. The lowest BCUT2D eigenvalue weighted by Gasteiger charge is -2.19. The first-order valence-corrected chi connectivity index (χ1v) is 6.68. The number of amides is 1. The average Bonchev–Trinajstić information content (AvgIpc) is 2.92. The third-order valence-corrected chi connectivity index (χ3v) is 3.09. The molecule has 0 aromatic heterocycles. The van der Waals surface area contributed by atoms with Crippen molar-refractivity contribution in [1.29, 1.82) is 0 Å². The number of ether oxygens (including phenoxy) is 2. The van der Waals surface area contributed by atoms with Crippen molar-refractivity contribution in [2.24, 2.45) is 0 Å². The summed E-state index contributed by atoms with van der Waals surface area (Å²) in [5.41, 5.74) is 1.01. The van der Waals surface area contributed by atoms with Gasteiger partial charge in [-0.05, 0) is 24.2 Å². The van der Waals surface area contributed by atoms with E-state index in [1.54, 1.807) is 0 Å². The van der Waals surface area contributed by atoms with Gasteiger partial charge in [0.05, 0.1) is 6.54 Å². The number of aliphatic carboxylic acids is 1. The molecule has 7 heteroatoms. The maximum atomic E-state index is 11.6. The molecule has 0 radical (unpaired) electrons. The van der Waals surface area contributed by atoms with E-state index in [1.807, 2.05) is 30.0 Å². The number of carboxylic acid groups (broad SMARTS) is 1. The third-order valence-electron chi connectivity index (χ3n) is 3.09. The molecule has 0 fully saturated rings. The molecule has 1 aromatic carbocycles. The van der Waals surface area contributed by atoms with Gasteiger partial charge >= 0.3 is 5.97 Å². The summed E-state index contributed by atoms with van der Waals surface area (Å²) in [6.45, 7) is 3.21. The summed E-state index contributed by atoms with van der Waals surface area (Å²) >= 11 is 0. The van der Waals surface area contributed by atoms with Crippen molar-refractivity contribution in [3.05, 3.63) is 23.8 Å². The Hall–Kier alpha value is -2.28. The zero-order valence-electron chi connectivity index (χ0n) is 11.8. The Balaban J connectivity index is 1.89. The number of hydrogen-bond acceptors (Lipinski definition) is 5. The van der Waals surface area contributed by atoms with E-state index in [1.165, 1.54) is 0 Å². The van der Waals surface area contributed by atoms with Gasteiger partial charge in [-0.25, -0.2) is 0 Å². The van der Waals surface area contributed by atoms with Crippen molar-refractivity contribution >= 4 is 11.9 Å². The van der Waals surface area contributed by atoms with Crippen LogP contribution in [0.5, 0.6) is 11.5 Å². The monoisotopic (exact) mass is 294 g/mol. The Kier molecular flexibility index (Phi) is 4.99. The summed E-state index contributed by atoms with van der Waals surface area (Å²) in [4.78, 5) is 23.9. The highest BCUT2D eigenvalue weighted by molar-refractivity contribution is 5.82. The van der Waals surface area contributed by atoms with Crippen molar-refractivity contribution in [3.63, 3.8) is 0 Å². The molecule has 114 valence electrons. The molecule has 1 amide bonds. The lowest BCUT2D eigenvalue weighted by Crippen LogP contribution is -2.38. The van der Waals surface area contributed by atoms with E-state index in [0.717, 1.165) is 11.3 Å². The molecule has 1 aliphatic rings. The number of nitrogens with one attached hydrogen (secondary N) is 1. The minimum Gasteiger partial charge on any atom is -0.480 e. The Labute approximate surface area is 122 Å². The second-order valence-corrected chi connectivity index (χ2v) is 4.66. The van der Waals surface area contributed by atoms with Crippen LogP contribution in [0.15, 0.2) is 18.2 Å². The molecule has 21 heavy (non-hydrogen) atoms. The Morgan fingerprint density at radius 3 is 2.81 bits per heavy atom. The van der Waals surface area contributed by atoms with Gasteiger partial charge in [0.25, 0.3) is 0 Å². The molecule has 0 bridgehead atoms. The molecule has 0 saturated carbocycles. The van der Waals surface area contributed by atoms with Gasteiger partial charge < -0.3 is 19.9 Å². The van der Waals surface area contributed by atoms with Crippen molar-refractivity contribution in [3.8, 4) is 11.5 Å². The first kappa shape index (κ1) is 15.1. The maximum Gasteiger partial charge on any atom is 0.322 e. The number of benzene rings is 1. The summed E-state index contributed by atoms with van der Waals surface area (Å²) < 4.78 is 10.6. The van der Waals surface area contributed by atoms with Gasteiger partial charge in [0, 0.05) is 6.54 Å². The van der Waals surface area contributed by atoms with Gasteiger partial charge in [0.2, 0.25) is 12.7 Å². The standard InChI is InChI=1S/C14H18N2O5/c1-2-16(8-13(17)15-6-14(18)19)7-10-3-4-11-12(5-10)21-9-20-11/h3-5H,2,6-9H2,1H3,(H,15,17)(H,18,19). The number of carboxylic acids is 1. The smallest absolute Gasteiger partial charge is 0.322 e. The first-order valence-electron chi connectivity index (χ1n) is 6.68. The highest BCUT2D eigenvalue weighted by atomic mass is 16.7. The molecule has 0 aliphatic carbocycles. The fourth-order valence-electron chi connectivity index (χ4n) is 2.01. The van der Waals surface area contributed by atoms with Crippen LogP contribution in [0.4, 0.5) is 0 Å². The molecule has 0 spiro atoms. The summed E-state index contributed by atoms with van der Waals surface area (Å²) in [5.74, 6) is 0.0713. The molecule has 1 aromatic rings. The molecular weight excluding hydrogens is 276 g/mol. The normalized spacial score (nSPS) is 12.5. The van der Waals surface area contributed by atoms with E-state index in [-0.39, 0.29) is 25.8 Å². The van der Waals surface area contributed by atoms with Crippen molar-refractivity contribution in [1.82, 2.24) is 10.2 Å². The van der Waals surface area contributed by atoms with Crippen LogP contribution in [0.25, 0.3) is 0 Å². The van der Waals surface area contributed by atoms with Gasteiger partial charge in [0.1, 0.15) is 6.54 Å².